The van der Waals surface area contributed by atoms with Gasteiger partial charge in [0.15, 0.2) is 0 Å². The summed E-state index contributed by atoms with van der Waals surface area (Å²) in [4.78, 5) is 27.9. The van der Waals surface area contributed by atoms with E-state index in [-0.39, 0.29) is 11.5 Å². The first-order chi connectivity index (χ1) is 17.0. The van der Waals surface area contributed by atoms with E-state index in [1.165, 1.54) is 0 Å². The predicted molar refractivity (Wildman–Crippen MR) is 140 cm³/mol. The number of hydrogen-bond acceptors (Lipinski definition) is 2. The van der Waals surface area contributed by atoms with Crippen LogP contribution < -0.4 is 10.9 Å². The molecule has 2 aromatic heterocycles. The van der Waals surface area contributed by atoms with E-state index in [2.05, 4.69) is 22.4 Å². The van der Waals surface area contributed by atoms with Crippen LogP contribution in [0.15, 0.2) is 102 Å². The molecule has 5 aromatic rings. The van der Waals surface area contributed by atoms with Gasteiger partial charge in [0.25, 0.3) is 11.5 Å². The number of carbonyl (C=O) groups excluding carboxylic acids is 1. The first-order valence-electron chi connectivity index (χ1n) is 11.4. The number of amides is 1. The van der Waals surface area contributed by atoms with Crippen molar-refractivity contribution in [2.75, 3.05) is 0 Å². The SMILES string of the molecule is O=C(NCc1c[nH]c2cc(Cl)ccc12)c1cccc(Cc2ccc(Cn3ccccc3=O)cc2)c1. The summed E-state index contributed by atoms with van der Waals surface area (Å²) >= 11 is 6.05. The van der Waals surface area contributed by atoms with Gasteiger partial charge in [0.1, 0.15) is 0 Å². The van der Waals surface area contributed by atoms with Gasteiger partial charge < -0.3 is 14.9 Å². The molecule has 2 N–H and O–H groups in total. The molecule has 0 spiro atoms. The molecule has 0 bridgehead atoms. The minimum atomic E-state index is -0.112. The molecule has 5 nitrogen and oxygen atoms in total. The van der Waals surface area contributed by atoms with E-state index >= 15 is 0 Å². The zero-order valence-electron chi connectivity index (χ0n) is 19.0. The third-order valence-corrected chi connectivity index (χ3v) is 6.28. The van der Waals surface area contributed by atoms with Gasteiger partial charge in [-0.3, -0.25) is 9.59 Å². The molecule has 0 aliphatic carbocycles. The standard InChI is InChI=1S/C29H24ClN3O2/c30-25-11-12-26-24(17-31-27(26)16-25)18-32-29(35)23-5-3-4-22(15-23)14-20-7-9-21(10-8-20)19-33-13-2-1-6-28(33)34/h1-13,15-17,31H,14,18-19H2,(H,32,35). The zero-order valence-corrected chi connectivity index (χ0v) is 19.8. The number of H-pyrrole nitrogens is 1. The number of pyridine rings is 1. The lowest BCUT2D eigenvalue weighted by Gasteiger charge is -2.09. The first-order valence-corrected chi connectivity index (χ1v) is 11.8. The van der Waals surface area contributed by atoms with Crippen molar-refractivity contribution in [3.63, 3.8) is 0 Å². The number of benzene rings is 3. The van der Waals surface area contributed by atoms with Crippen molar-refractivity contribution in [1.29, 1.82) is 0 Å². The van der Waals surface area contributed by atoms with Crippen LogP contribution in [0.1, 0.15) is 32.6 Å². The molecule has 3 aromatic carbocycles. The topological polar surface area (TPSA) is 66.9 Å². The maximum atomic E-state index is 12.8. The number of nitrogens with one attached hydrogen (secondary N) is 2. The quantitative estimate of drug-likeness (QED) is 0.320. The highest BCUT2D eigenvalue weighted by Gasteiger charge is 2.09. The van der Waals surface area contributed by atoms with Crippen LogP contribution in [0.5, 0.6) is 0 Å². The molecule has 0 aliphatic rings. The summed E-state index contributed by atoms with van der Waals surface area (Å²) in [5.41, 5.74) is 5.85. The molecule has 0 saturated carbocycles. The summed E-state index contributed by atoms with van der Waals surface area (Å²) in [6, 6.07) is 26.8. The average Bonchev–Trinajstić information content (AvgIpc) is 3.27. The fourth-order valence-electron chi connectivity index (χ4n) is 4.19. The number of aromatic nitrogens is 2. The van der Waals surface area contributed by atoms with Crippen molar-refractivity contribution in [2.24, 2.45) is 0 Å². The lowest BCUT2D eigenvalue weighted by Crippen LogP contribution is -2.22. The van der Waals surface area contributed by atoms with E-state index in [4.69, 9.17) is 11.6 Å². The van der Waals surface area contributed by atoms with Gasteiger partial charge in [0, 0.05) is 46.5 Å². The van der Waals surface area contributed by atoms with Crippen molar-refractivity contribution in [2.45, 2.75) is 19.5 Å². The van der Waals surface area contributed by atoms with E-state index < -0.39 is 0 Å². The number of fused-ring (bicyclic) bond motifs is 1. The van der Waals surface area contributed by atoms with E-state index in [9.17, 15) is 9.59 Å². The fourth-order valence-corrected chi connectivity index (χ4v) is 4.36. The fraction of sp³-hybridized carbons (Fsp3) is 0.103. The molecule has 0 radical (unpaired) electrons. The van der Waals surface area contributed by atoms with E-state index in [0.717, 1.165) is 39.6 Å². The van der Waals surface area contributed by atoms with Crippen LogP contribution in [0.3, 0.4) is 0 Å². The van der Waals surface area contributed by atoms with Gasteiger partial charge in [0.2, 0.25) is 0 Å². The highest BCUT2D eigenvalue weighted by atomic mass is 35.5. The molecule has 5 rings (SSSR count). The monoisotopic (exact) mass is 481 g/mol. The summed E-state index contributed by atoms with van der Waals surface area (Å²) in [5, 5.41) is 4.73. The number of nitrogens with zero attached hydrogens (tertiary/aromatic N) is 1. The molecule has 6 heteroatoms. The molecule has 0 saturated heterocycles. The van der Waals surface area contributed by atoms with Gasteiger partial charge in [-0.1, -0.05) is 60.1 Å². The smallest absolute Gasteiger partial charge is 0.251 e. The van der Waals surface area contributed by atoms with E-state index in [1.54, 1.807) is 22.9 Å². The second-order valence-corrected chi connectivity index (χ2v) is 8.98. The van der Waals surface area contributed by atoms with Crippen molar-refractivity contribution >= 4 is 28.4 Å². The average molecular weight is 482 g/mol. The maximum Gasteiger partial charge on any atom is 0.251 e. The number of halogens is 1. The van der Waals surface area contributed by atoms with Crippen LogP contribution in [0.2, 0.25) is 5.02 Å². The number of aromatic amines is 1. The summed E-state index contributed by atoms with van der Waals surface area (Å²) in [5.74, 6) is -0.112. The Kier molecular flexibility index (Phi) is 6.51. The Hall–Kier alpha value is -4.09. The zero-order chi connectivity index (χ0) is 24.2. The summed E-state index contributed by atoms with van der Waals surface area (Å²) < 4.78 is 1.68. The van der Waals surface area contributed by atoms with Crippen molar-refractivity contribution in [1.82, 2.24) is 14.9 Å². The van der Waals surface area contributed by atoms with Crippen LogP contribution in [0.25, 0.3) is 10.9 Å². The van der Waals surface area contributed by atoms with Gasteiger partial charge in [-0.05, 0) is 59.0 Å². The van der Waals surface area contributed by atoms with Gasteiger partial charge in [-0.2, -0.15) is 0 Å². The second-order valence-electron chi connectivity index (χ2n) is 8.55. The maximum absolute atomic E-state index is 12.8. The Balaban J connectivity index is 1.22. The minimum absolute atomic E-state index is 0.0132. The minimum Gasteiger partial charge on any atom is -0.361 e. The van der Waals surface area contributed by atoms with E-state index in [1.807, 2.05) is 66.9 Å². The van der Waals surface area contributed by atoms with Gasteiger partial charge in [-0.25, -0.2) is 0 Å². The molecule has 35 heavy (non-hydrogen) atoms. The summed E-state index contributed by atoms with van der Waals surface area (Å²) in [6.07, 6.45) is 4.41. The number of hydrogen-bond donors (Lipinski definition) is 2. The third-order valence-electron chi connectivity index (χ3n) is 6.04. The van der Waals surface area contributed by atoms with Gasteiger partial charge in [-0.15, -0.1) is 0 Å². The van der Waals surface area contributed by atoms with Crippen LogP contribution in [-0.2, 0) is 19.5 Å². The highest BCUT2D eigenvalue weighted by molar-refractivity contribution is 6.31. The second kappa shape index (κ2) is 10.0. The third kappa shape index (κ3) is 5.36. The molecular formula is C29H24ClN3O2. The van der Waals surface area contributed by atoms with Crippen LogP contribution in [0.4, 0.5) is 0 Å². The number of carbonyl (C=O) groups is 1. The Bertz CT molecular complexity index is 1550. The van der Waals surface area contributed by atoms with Crippen LogP contribution in [-0.4, -0.2) is 15.5 Å². The Morgan fingerprint density at radius 3 is 2.54 bits per heavy atom. The lowest BCUT2D eigenvalue weighted by molar-refractivity contribution is 0.0951. The molecule has 0 atom stereocenters. The van der Waals surface area contributed by atoms with Gasteiger partial charge >= 0.3 is 0 Å². The molecule has 0 unspecified atom stereocenters. The van der Waals surface area contributed by atoms with Crippen molar-refractivity contribution in [3.8, 4) is 0 Å². The summed E-state index contributed by atoms with van der Waals surface area (Å²) in [6.45, 7) is 0.968. The van der Waals surface area contributed by atoms with Crippen molar-refractivity contribution in [3.05, 3.63) is 141 Å². The van der Waals surface area contributed by atoms with Crippen molar-refractivity contribution < 1.29 is 4.79 Å². The molecule has 0 fully saturated rings. The predicted octanol–water partition coefficient (Wildman–Crippen LogP) is 5.55. The molecular weight excluding hydrogens is 458 g/mol. The summed E-state index contributed by atoms with van der Waals surface area (Å²) in [7, 11) is 0. The highest BCUT2D eigenvalue weighted by Crippen LogP contribution is 2.22. The largest absolute Gasteiger partial charge is 0.361 e. The molecule has 2 heterocycles. The first kappa shape index (κ1) is 22.7. The van der Waals surface area contributed by atoms with Gasteiger partial charge in [0.05, 0.1) is 6.54 Å². The molecule has 0 aliphatic heterocycles. The lowest BCUT2D eigenvalue weighted by atomic mass is 10.0. The number of rotatable bonds is 7. The Morgan fingerprint density at radius 2 is 1.71 bits per heavy atom. The van der Waals surface area contributed by atoms with Crippen LogP contribution >= 0.6 is 11.6 Å². The Morgan fingerprint density at radius 1 is 0.886 bits per heavy atom. The molecule has 1 amide bonds. The molecule has 174 valence electrons. The Labute approximate surface area is 208 Å². The van der Waals surface area contributed by atoms with E-state index in [0.29, 0.717) is 23.7 Å². The normalized spacial score (nSPS) is 11.0. The van der Waals surface area contributed by atoms with Crippen LogP contribution in [0, 0.1) is 0 Å².